The number of hydrogen-bond donors (Lipinski definition) is 1. The normalized spacial score (nSPS) is 29.0. The summed E-state index contributed by atoms with van der Waals surface area (Å²) in [5.41, 5.74) is 5.37. The third-order valence-corrected chi connectivity index (χ3v) is 2.82. The molecule has 0 atom stereocenters. The number of nitrogens with two attached hydrogens (primary N) is 1. The van der Waals surface area contributed by atoms with Gasteiger partial charge in [-0.3, -0.25) is 0 Å². The summed E-state index contributed by atoms with van der Waals surface area (Å²) in [5.74, 6) is 2.02. The van der Waals surface area contributed by atoms with Crippen LogP contribution in [0.15, 0.2) is 4.42 Å². The van der Waals surface area contributed by atoms with Crippen LogP contribution in [0.3, 0.4) is 0 Å². The van der Waals surface area contributed by atoms with Crippen molar-refractivity contribution in [3.05, 3.63) is 5.89 Å². The average molecular weight is 181 g/mol. The van der Waals surface area contributed by atoms with Crippen LogP contribution >= 0.6 is 0 Å². The van der Waals surface area contributed by atoms with Crippen molar-refractivity contribution in [2.75, 3.05) is 5.73 Å². The van der Waals surface area contributed by atoms with E-state index in [2.05, 4.69) is 17.1 Å². The summed E-state index contributed by atoms with van der Waals surface area (Å²) < 4.78 is 5.21. The van der Waals surface area contributed by atoms with Gasteiger partial charge in [0.2, 0.25) is 5.89 Å². The number of aromatic nitrogens is 2. The molecule has 4 nitrogen and oxygen atoms in total. The SMILES string of the molecule is CC1CCC(c2nnc(N)o2)CC1. The zero-order valence-electron chi connectivity index (χ0n) is 7.86. The van der Waals surface area contributed by atoms with Gasteiger partial charge >= 0.3 is 6.01 Å². The van der Waals surface area contributed by atoms with E-state index in [4.69, 9.17) is 10.2 Å². The van der Waals surface area contributed by atoms with Gasteiger partial charge in [0, 0.05) is 5.92 Å². The molecule has 1 saturated carbocycles. The van der Waals surface area contributed by atoms with Gasteiger partial charge < -0.3 is 10.2 Å². The highest BCUT2D eigenvalue weighted by Gasteiger charge is 2.23. The van der Waals surface area contributed by atoms with E-state index in [1.807, 2.05) is 0 Å². The van der Waals surface area contributed by atoms with Gasteiger partial charge in [0.15, 0.2) is 0 Å². The van der Waals surface area contributed by atoms with E-state index in [1.165, 1.54) is 12.8 Å². The van der Waals surface area contributed by atoms with Gasteiger partial charge in [-0.1, -0.05) is 12.0 Å². The van der Waals surface area contributed by atoms with E-state index in [9.17, 15) is 0 Å². The molecular weight excluding hydrogens is 166 g/mol. The predicted octanol–water partition coefficient (Wildman–Crippen LogP) is 1.95. The fraction of sp³-hybridized carbons (Fsp3) is 0.778. The van der Waals surface area contributed by atoms with E-state index in [1.54, 1.807) is 0 Å². The Kier molecular flexibility index (Phi) is 2.20. The Labute approximate surface area is 77.5 Å². The Balaban J connectivity index is 2.02. The van der Waals surface area contributed by atoms with Gasteiger partial charge in [0.05, 0.1) is 0 Å². The summed E-state index contributed by atoms with van der Waals surface area (Å²) in [7, 11) is 0. The minimum atomic E-state index is 0.189. The number of anilines is 1. The lowest BCUT2D eigenvalue weighted by atomic mass is 9.83. The lowest BCUT2D eigenvalue weighted by Gasteiger charge is -2.23. The molecule has 2 rings (SSSR count). The lowest BCUT2D eigenvalue weighted by Crippen LogP contribution is -2.11. The van der Waals surface area contributed by atoms with Crippen molar-refractivity contribution >= 4 is 6.01 Å². The molecule has 1 heterocycles. The van der Waals surface area contributed by atoms with Crippen molar-refractivity contribution in [1.29, 1.82) is 0 Å². The summed E-state index contributed by atoms with van der Waals surface area (Å²) >= 11 is 0. The second kappa shape index (κ2) is 3.36. The molecule has 0 bridgehead atoms. The van der Waals surface area contributed by atoms with Crippen molar-refractivity contribution in [2.24, 2.45) is 5.92 Å². The standard InChI is InChI=1S/C9H15N3O/c1-6-2-4-7(5-3-6)8-11-12-9(10)13-8/h6-7H,2-5H2,1H3,(H2,10,12). The summed E-state index contributed by atoms with van der Waals surface area (Å²) in [6, 6.07) is 0.189. The van der Waals surface area contributed by atoms with Crippen molar-refractivity contribution in [2.45, 2.75) is 38.5 Å². The Morgan fingerprint density at radius 3 is 2.46 bits per heavy atom. The molecule has 1 aromatic rings. The number of nitrogen functional groups attached to an aromatic ring is 1. The fourth-order valence-corrected chi connectivity index (χ4v) is 1.92. The van der Waals surface area contributed by atoms with Crippen LogP contribution in [0, 0.1) is 5.92 Å². The molecule has 0 amide bonds. The Hall–Kier alpha value is -1.06. The second-order valence-corrected chi connectivity index (χ2v) is 3.94. The minimum absolute atomic E-state index is 0.189. The Morgan fingerprint density at radius 2 is 1.92 bits per heavy atom. The molecule has 2 N–H and O–H groups in total. The number of nitrogens with zero attached hydrogens (tertiary/aromatic N) is 2. The molecule has 0 radical (unpaired) electrons. The van der Waals surface area contributed by atoms with E-state index >= 15 is 0 Å². The third kappa shape index (κ3) is 1.82. The van der Waals surface area contributed by atoms with E-state index < -0.39 is 0 Å². The maximum absolute atomic E-state index is 5.37. The van der Waals surface area contributed by atoms with Gasteiger partial charge in [-0.05, 0) is 31.6 Å². The molecule has 0 aliphatic heterocycles. The molecule has 1 fully saturated rings. The van der Waals surface area contributed by atoms with Crippen LogP contribution in [-0.4, -0.2) is 10.2 Å². The smallest absolute Gasteiger partial charge is 0.312 e. The van der Waals surface area contributed by atoms with Crippen LogP contribution in [0.1, 0.15) is 44.4 Å². The van der Waals surface area contributed by atoms with E-state index in [0.717, 1.165) is 24.7 Å². The summed E-state index contributed by atoms with van der Waals surface area (Å²) in [4.78, 5) is 0. The quantitative estimate of drug-likeness (QED) is 0.719. The van der Waals surface area contributed by atoms with Crippen LogP contribution in [0.2, 0.25) is 0 Å². The fourth-order valence-electron chi connectivity index (χ4n) is 1.92. The van der Waals surface area contributed by atoms with Crippen molar-refractivity contribution in [3.8, 4) is 0 Å². The van der Waals surface area contributed by atoms with E-state index in [-0.39, 0.29) is 6.01 Å². The topological polar surface area (TPSA) is 64.9 Å². The summed E-state index contributed by atoms with van der Waals surface area (Å²) in [6.45, 7) is 2.29. The first-order valence-corrected chi connectivity index (χ1v) is 4.84. The maximum Gasteiger partial charge on any atom is 0.312 e. The summed E-state index contributed by atoms with van der Waals surface area (Å²) in [5, 5.41) is 7.59. The Bertz CT molecular complexity index is 276. The highest BCUT2D eigenvalue weighted by atomic mass is 16.4. The zero-order chi connectivity index (χ0) is 9.26. The molecule has 13 heavy (non-hydrogen) atoms. The van der Waals surface area contributed by atoms with E-state index in [0.29, 0.717) is 5.92 Å². The maximum atomic E-state index is 5.37. The first-order chi connectivity index (χ1) is 6.25. The molecule has 1 aromatic heterocycles. The van der Waals surface area contributed by atoms with Crippen molar-refractivity contribution < 1.29 is 4.42 Å². The minimum Gasteiger partial charge on any atom is -0.408 e. The molecule has 0 unspecified atom stereocenters. The van der Waals surface area contributed by atoms with Crippen molar-refractivity contribution in [3.63, 3.8) is 0 Å². The first-order valence-electron chi connectivity index (χ1n) is 4.84. The van der Waals surface area contributed by atoms with Crippen LogP contribution in [0.4, 0.5) is 6.01 Å². The van der Waals surface area contributed by atoms with Gasteiger partial charge in [-0.25, -0.2) is 0 Å². The van der Waals surface area contributed by atoms with Gasteiger partial charge in [0.1, 0.15) is 0 Å². The average Bonchev–Trinajstić information content (AvgIpc) is 2.53. The molecule has 1 aliphatic carbocycles. The highest BCUT2D eigenvalue weighted by Crippen LogP contribution is 2.34. The van der Waals surface area contributed by atoms with Crippen LogP contribution in [0.25, 0.3) is 0 Å². The molecule has 72 valence electrons. The van der Waals surface area contributed by atoms with Crippen LogP contribution in [0.5, 0.6) is 0 Å². The van der Waals surface area contributed by atoms with Crippen LogP contribution < -0.4 is 5.73 Å². The highest BCUT2D eigenvalue weighted by molar-refractivity contribution is 5.07. The Morgan fingerprint density at radius 1 is 1.23 bits per heavy atom. The molecule has 0 aromatic carbocycles. The molecule has 0 saturated heterocycles. The summed E-state index contributed by atoms with van der Waals surface area (Å²) in [6.07, 6.45) is 4.82. The van der Waals surface area contributed by atoms with Gasteiger partial charge in [-0.15, -0.1) is 5.10 Å². The zero-order valence-corrected chi connectivity index (χ0v) is 7.86. The first kappa shape index (κ1) is 8.53. The third-order valence-electron chi connectivity index (χ3n) is 2.82. The van der Waals surface area contributed by atoms with Gasteiger partial charge in [0.25, 0.3) is 0 Å². The molecule has 1 aliphatic rings. The number of rotatable bonds is 1. The largest absolute Gasteiger partial charge is 0.408 e. The van der Waals surface area contributed by atoms with Crippen LogP contribution in [-0.2, 0) is 0 Å². The van der Waals surface area contributed by atoms with Gasteiger partial charge in [-0.2, -0.15) is 0 Å². The lowest BCUT2D eigenvalue weighted by molar-refractivity contribution is 0.310. The number of hydrogen-bond acceptors (Lipinski definition) is 4. The molecule has 0 spiro atoms. The monoisotopic (exact) mass is 181 g/mol. The molecule has 4 heteroatoms. The van der Waals surface area contributed by atoms with Crippen molar-refractivity contribution in [1.82, 2.24) is 10.2 Å². The predicted molar refractivity (Wildman–Crippen MR) is 49.1 cm³/mol. The molecular formula is C9H15N3O. The second-order valence-electron chi connectivity index (χ2n) is 3.94.